The summed E-state index contributed by atoms with van der Waals surface area (Å²) in [6.45, 7) is 5.56. The molecule has 1 unspecified atom stereocenters. The normalized spacial score (nSPS) is 24.5. The van der Waals surface area contributed by atoms with Crippen molar-refractivity contribution in [2.45, 2.75) is 83.2 Å². The molecule has 1 aliphatic heterocycles. The van der Waals surface area contributed by atoms with E-state index in [4.69, 9.17) is 14.5 Å². The van der Waals surface area contributed by atoms with Crippen LogP contribution in [0.3, 0.4) is 0 Å². The van der Waals surface area contributed by atoms with E-state index in [1.165, 1.54) is 64.2 Å². The first-order valence-corrected chi connectivity index (χ1v) is 8.90. The van der Waals surface area contributed by atoms with Crippen LogP contribution in [-0.2, 0) is 14.5 Å². The van der Waals surface area contributed by atoms with Gasteiger partial charge in [-0.25, -0.2) is 9.78 Å². The SMILES string of the molecule is C=CCOCC1CCCCCCCCCCCCCOO1. The van der Waals surface area contributed by atoms with Crippen LogP contribution in [0.4, 0.5) is 0 Å². The average Bonchev–Trinajstić information content (AvgIpc) is 2.49. The highest BCUT2D eigenvalue weighted by atomic mass is 17.2. The van der Waals surface area contributed by atoms with Crippen LogP contribution in [0.25, 0.3) is 0 Å². The summed E-state index contributed by atoms with van der Waals surface area (Å²) < 4.78 is 5.50. The fraction of sp³-hybridized carbons (Fsp3) is 0.889. The maximum Gasteiger partial charge on any atom is 0.116 e. The Morgan fingerprint density at radius 3 is 2.05 bits per heavy atom. The number of rotatable bonds is 4. The molecule has 21 heavy (non-hydrogen) atoms. The smallest absolute Gasteiger partial charge is 0.116 e. The molecule has 124 valence electrons. The van der Waals surface area contributed by atoms with Gasteiger partial charge in [0.05, 0.1) is 19.8 Å². The molecule has 0 aliphatic carbocycles. The van der Waals surface area contributed by atoms with Crippen LogP contribution in [-0.4, -0.2) is 25.9 Å². The number of ether oxygens (including phenoxy) is 1. The lowest BCUT2D eigenvalue weighted by Crippen LogP contribution is -2.21. The van der Waals surface area contributed by atoms with Gasteiger partial charge in [0.15, 0.2) is 0 Å². The van der Waals surface area contributed by atoms with Crippen LogP contribution in [0.2, 0.25) is 0 Å². The van der Waals surface area contributed by atoms with Gasteiger partial charge < -0.3 is 4.74 Å². The molecule has 1 aliphatic rings. The first-order valence-electron chi connectivity index (χ1n) is 8.90. The van der Waals surface area contributed by atoms with Crippen molar-refractivity contribution >= 4 is 0 Å². The Morgan fingerprint density at radius 2 is 1.43 bits per heavy atom. The minimum Gasteiger partial charge on any atom is -0.375 e. The summed E-state index contributed by atoms with van der Waals surface area (Å²) in [5.41, 5.74) is 0. The summed E-state index contributed by atoms with van der Waals surface area (Å²) in [4.78, 5) is 10.9. The quantitative estimate of drug-likeness (QED) is 0.405. The molecule has 0 aromatic carbocycles. The Bertz CT molecular complexity index is 215. The summed E-state index contributed by atoms with van der Waals surface area (Å²) in [5, 5.41) is 0. The van der Waals surface area contributed by atoms with Gasteiger partial charge in [0.25, 0.3) is 0 Å². The first-order chi connectivity index (χ1) is 10.4. The van der Waals surface area contributed by atoms with Crippen molar-refractivity contribution in [1.82, 2.24) is 0 Å². The van der Waals surface area contributed by atoms with E-state index in [0.717, 1.165) is 12.8 Å². The highest BCUT2D eigenvalue weighted by Crippen LogP contribution is 2.14. The Kier molecular flexibility index (Phi) is 12.9. The van der Waals surface area contributed by atoms with Gasteiger partial charge >= 0.3 is 0 Å². The Morgan fingerprint density at radius 1 is 0.857 bits per heavy atom. The maximum absolute atomic E-state index is 5.53. The fourth-order valence-electron chi connectivity index (χ4n) is 2.71. The second kappa shape index (κ2) is 14.6. The molecule has 3 nitrogen and oxygen atoms in total. The molecule has 1 rings (SSSR count). The molecule has 0 spiro atoms. The van der Waals surface area contributed by atoms with E-state index in [0.29, 0.717) is 19.8 Å². The van der Waals surface area contributed by atoms with Crippen molar-refractivity contribution < 1.29 is 14.5 Å². The molecular weight excluding hydrogens is 264 g/mol. The molecule has 0 bridgehead atoms. The van der Waals surface area contributed by atoms with Crippen molar-refractivity contribution in [3.05, 3.63) is 12.7 Å². The van der Waals surface area contributed by atoms with E-state index in [-0.39, 0.29) is 6.10 Å². The lowest BCUT2D eigenvalue weighted by Gasteiger charge is -2.16. The molecule has 1 saturated heterocycles. The van der Waals surface area contributed by atoms with Crippen LogP contribution in [0.1, 0.15) is 77.0 Å². The zero-order chi connectivity index (χ0) is 15.0. The minimum atomic E-state index is 0.0675. The molecule has 1 fully saturated rings. The summed E-state index contributed by atoms with van der Waals surface area (Å²) in [6.07, 6.45) is 17.4. The summed E-state index contributed by atoms with van der Waals surface area (Å²) >= 11 is 0. The Labute approximate surface area is 131 Å². The third-order valence-electron chi connectivity index (χ3n) is 4.00. The van der Waals surface area contributed by atoms with Gasteiger partial charge in [-0.2, -0.15) is 0 Å². The predicted octanol–water partition coefficient (Wildman–Crippen LogP) is 5.20. The molecule has 0 saturated carbocycles. The van der Waals surface area contributed by atoms with Gasteiger partial charge in [-0.3, -0.25) is 0 Å². The third kappa shape index (κ3) is 11.9. The Balaban J connectivity index is 2.22. The van der Waals surface area contributed by atoms with Crippen molar-refractivity contribution in [3.63, 3.8) is 0 Å². The standard InChI is InChI=1S/C18H34O3/c1-2-15-19-17-18-14-12-10-8-6-4-3-5-7-9-11-13-16-20-21-18/h2,18H,1,3-17H2. The predicted molar refractivity (Wildman–Crippen MR) is 87.2 cm³/mol. The Hall–Kier alpha value is -0.380. The summed E-state index contributed by atoms with van der Waals surface area (Å²) in [6, 6.07) is 0. The molecule has 3 heteroatoms. The van der Waals surface area contributed by atoms with Gasteiger partial charge in [-0.05, 0) is 12.8 Å². The summed E-state index contributed by atoms with van der Waals surface area (Å²) in [5.74, 6) is 0. The van der Waals surface area contributed by atoms with Crippen molar-refractivity contribution in [2.24, 2.45) is 0 Å². The second-order valence-electron chi connectivity index (χ2n) is 6.04. The van der Waals surface area contributed by atoms with E-state index < -0.39 is 0 Å². The van der Waals surface area contributed by atoms with Gasteiger partial charge in [-0.1, -0.05) is 70.3 Å². The van der Waals surface area contributed by atoms with E-state index in [1.54, 1.807) is 6.08 Å². The van der Waals surface area contributed by atoms with Gasteiger partial charge in [-0.15, -0.1) is 6.58 Å². The molecule has 1 atom stereocenters. The number of hydrogen-bond acceptors (Lipinski definition) is 3. The molecule has 0 radical (unpaired) electrons. The molecular formula is C18H34O3. The van der Waals surface area contributed by atoms with Crippen molar-refractivity contribution in [2.75, 3.05) is 19.8 Å². The largest absolute Gasteiger partial charge is 0.375 e. The molecule has 0 aromatic rings. The number of hydrogen-bond donors (Lipinski definition) is 0. The van der Waals surface area contributed by atoms with Crippen molar-refractivity contribution in [3.8, 4) is 0 Å². The molecule has 0 N–H and O–H groups in total. The average molecular weight is 298 g/mol. The van der Waals surface area contributed by atoms with Crippen LogP contribution >= 0.6 is 0 Å². The fourth-order valence-corrected chi connectivity index (χ4v) is 2.71. The maximum atomic E-state index is 5.53. The summed E-state index contributed by atoms with van der Waals surface area (Å²) in [7, 11) is 0. The second-order valence-corrected chi connectivity index (χ2v) is 6.04. The highest BCUT2D eigenvalue weighted by Gasteiger charge is 2.10. The van der Waals surface area contributed by atoms with Crippen LogP contribution in [0, 0.1) is 0 Å². The zero-order valence-electron chi connectivity index (χ0n) is 13.7. The van der Waals surface area contributed by atoms with Gasteiger partial charge in [0, 0.05) is 0 Å². The topological polar surface area (TPSA) is 27.7 Å². The van der Waals surface area contributed by atoms with E-state index >= 15 is 0 Å². The van der Waals surface area contributed by atoms with Crippen LogP contribution in [0.5, 0.6) is 0 Å². The van der Waals surface area contributed by atoms with E-state index in [1.807, 2.05) is 0 Å². The van der Waals surface area contributed by atoms with Crippen molar-refractivity contribution in [1.29, 1.82) is 0 Å². The first kappa shape index (κ1) is 18.7. The van der Waals surface area contributed by atoms with E-state index in [9.17, 15) is 0 Å². The van der Waals surface area contributed by atoms with E-state index in [2.05, 4.69) is 6.58 Å². The van der Waals surface area contributed by atoms with Gasteiger partial charge in [0.2, 0.25) is 0 Å². The van der Waals surface area contributed by atoms with Gasteiger partial charge in [0.1, 0.15) is 6.10 Å². The molecule has 0 aromatic heterocycles. The van der Waals surface area contributed by atoms with Crippen LogP contribution in [0.15, 0.2) is 12.7 Å². The third-order valence-corrected chi connectivity index (χ3v) is 4.00. The monoisotopic (exact) mass is 298 g/mol. The lowest BCUT2D eigenvalue weighted by molar-refractivity contribution is -0.331. The lowest BCUT2D eigenvalue weighted by atomic mass is 10.0. The zero-order valence-corrected chi connectivity index (χ0v) is 13.7. The minimum absolute atomic E-state index is 0.0675. The molecule has 1 heterocycles. The molecule has 0 amide bonds. The van der Waals surface area contributed by atoms with Crippen LogP contribution < -0.4 is 0 Å². The highest BCUT2D eigenvalue weighted by molar-refractivity contribution is 4.65.